The summed E-state index contributed by atoms with van der Waals surface area (Å²) >= 11 is 7.21. The van der Waals surface area contributed by atoms with Crippen LogP contribution in [0.5, 0.6) is 0 Å². The third-order valence-corrected chi connectivity index (χ3v) is 3.95. The first-order valence-corrected chi connectivity index (χ1v) is 6.60. The number of nitro groups is 1. The SMILES string of the molecule is Cc1nc(Cl)c(C)c(Sc2ccccc2[N+](=O)[O-])n1. The van der Waals surface area contributed by atoms with Crippen molar-refractivity contribution in [3.05, 3.63) is 50.9 Å². The van der Waals surface area contributed by atoms with Gasteiger partial charge in [0.1, 0.15) is 16.0 Å². The molecule has 0 saturated carbocycles. The quantitative estimate of drug-likeness (QED) is 0.489. The maximum absolute atomic E-state index is 11.0. The van der Waals surface area contributed by atoms with Crippen molar-refractivity contribution in [2.24, 2.45) is 0 Å². The van der Waals surface area contributed by atoms with Crippen LogP contribution in [-0.4, -0.2) is 14.9 Å². The van der Waals surface area contributed by atoms with Crippen molar-refractivity contribution in [3.63, 3.8) is 0 Å². The number of nitro benzene ring substituents is 1. The maximum atomic E-state index is 11.0. The first-order valence-electron chi connectivity index (χ1n) is 5.41. The highest BCUT2D eigenvalue weighted by atomic mass is 35.5. The minimum Gasteiger partial charge on any atom is -0.258 e. The first-order chi connectivity index (χ1) is 8.99. The fourth-order valence-electron chi connectivity index (χ4n) is 1.47. The molecule has 19 heavy (non-hydrogen) atoms. The molecule has 0 saturated heterocycles. The standard InChI is InChI=1S/C12H10ClN3O2S/c1-7-11(13)14-8(2)15-12(7)19-10-6-4-3-5-9(10)16(17)18/h3-6H,1-2H3. The molecule has 1 aromatic carbocycles. The van der Waals surface area contributed by atoms with Crippen molar-refractivity contribution in [1.82, 2.24) is 9.97 Å². The van der Waals surface area contributed by atoms with E-state index in [0.717, 1.165) is 5.56 Å². The van der Waals surface area contributed by atoms with E-state index in [1.165, 1.54) is 17.8 Å². The van der Waals surface area contributed by atoms with E-state index in [1.807, 2.05) is 0 Å². The van der Waals surface area contributed by atoms with Crippen LogP contribution in [0.2, 0.25) is 5.15 Å². The third kappa shape index (κ3) is 3.02. The summed E-state index contributed by atoms with van der Waals surface area (Å²) in [7, 11) is 0. The number of hydrogen-bond acceptors (Lipinski definition) is 5. The molecule has 0 aliphatic rings. The second kappa shape index (κ2) is 5.54. The lowest BCUT2D eigenvalue weighted by atomic mass is 10.3. The summed E-state index contributed by atoms with van der Waals surface area (Å²) < 4.78 is 0. The van der Waals surface area contributed by atoms with E-state index < -0.39 is 4.92 Å². The summed E-state index contributed by atoms with van der Waals surface area (Å²) in [6.45, 7) is 3.52. The molecule has 0 radical (unpaired) electrons. The number of hydrogen-bond donors (Lipinski definition) is 0. The fourth-order valence-corrected chi connectivity index (χ4v) is 2.77. The van der Waals surface area contributed by atoms with Crippen LogP contribution in [0, 0.1) is 24.0 Å². The topological polar surface area (TPSA) is 68.9 Å². The molecule has 0 atom stereocenters. The molecule has 7 heteroatoms. The van der Waals surface area contributed by atoms with Gasteiger partial charge in [-0.1, -0.05) is 35.5 Å². The van der Waals surface area contributed by atoms with Gasteiger partial charge in [0.2, 0.25) is 0 Å². The Morgan fingerprint density at radius 3 is 2.63 bits per heavy atom. The first kappa shape index (κ1) is 13.8. The number of aromatic nitrogens is 2. The van der Waals surface area contributed by atoms with Crippen LogP contribution in [0.3, 0.4) is 0 Å². The van der Waals surface area contributed by atoms with E-state index in [2.05, 4.69) is 9.97 Å². The van der Waals surface area contributed by atoms with Gasteiger partial charge in [0, 0.05) is 11.6 Å². The molecule has 0 aliphatic heterocycles. The number of para-hydroxylation sites is 1. The lowest BCUT2D eigenvalue weighted by Gasteiger charge is -2.07. The number of aryl methyl sites for hydroxylation is 1. The zero-order valence-corrected chi connectivity index (χ0v) is 11.8. The van der Waals surface area contributed by atoms with E-state index in [1.54, 1.807) is 32.0 Å². The highest BCUT2D eigenvalue weighted by Crippen LogP contribution is 2.36. The average molecular weight is 296 g/mol. The molecule has 98 valence electrons. The summed E-state index contributed by atoms with van der Waals surface area (Å²) in [5.74, 6) is 0.539. The predicted molar refractivity (Wildman–Crippen MR) is 73.7 cm³/mol. The molecular weight excluding hydrogens is 286 g/mol. The van der Waals surface area contributed by atoms with Crippen LogP contribution in [0.1, 0.15) is 11.4 Å². The Kier molecular flexibility index (Phi) is 4.01. The van der Waals surface area contributed by atoms with Crippen LogP contribution < -0.4 is 0 Å². The molecule has 0 N–H and O–H groups in total. The van der Waals surface area contributed by atoms with Crippen LogP contribution in [0.4, 0.5) is 5.69 Å². The highest BCUT2D eigenvalue weighted by molar-refractivity contribution is 7.99. The average Bonchev–Trinajstić information content (AvgIpc) is 2.35. The lowest BCUT2D eigenvalue weighted by Crippen LogP contribution is -1.96. The minimum atomic E-state index is -0.409. The Morgan fingerprint density at radius 1 is 1.26 bits per heavy atom. The molecule has 0 amide bonds. The van der Waals surface area contributed by atoms with Gasteiger partial charge in [-0.25, -0.2) is 9.97 Å². The van der Waals surface area contributed by atoms with Gasteiger partial charge in [0.05, 0.1) is 9.82 Å². The predicted octanol–water partition coefficient (Wildman–Crippen LogP) is 3.81. The van der Waals surface area contributed by atoms with E-state index in [-0.39, 0.29) is 5.69 Å². The van der Waals surface area contributed by atoms with Gasteiger partial charge in [-0.05, 0) is 19.9 Å². The zero-order valence-electron chi connectivity index (χ0n) is 10.3. The van der Waals surface area contributed by atoms with E-state index >= 15 is 0 Å². The molecule has 0 aliphatic carbocycles. The van der Waals surface area contributed by atoms with Gasteiger partial charge in [-0.15, -0.1) is 0 Å². The molecular formula is C12H10ClN3O2S. The third-order valence-electron chi connectivity index (χ3n) is 2.42. The van der Waals surface area contributed by atoms with Gasteiger partial charge in [-0.3, -0.25) is 10.1 Å². The molecule has 1 heterocycles. The molecule has 0 bridgehead atoms. The number of rotatable bonds is 3. The van der Waals surface area contributed by atoms with E-state index in [0.29, 0.717) is 20.9 Å². The highest BCUT2D eigenvalue weighted by Gasteiger charge is 2.16. The smallest absolute Gasteiger partial charge is 0.258 e. The summed E-state index contributed by atoms with van der Waals surface area (Å²) in [5, 5.41) is 12.0. The Bertz CT molecular complexity index is 649. The largest absolute Gasteiger partial charge is 0.283 e. The van der Waals surface area contributed by atoms with Crippen molar-refractivity contribution < 1.29 is 4.92 Å². The van der Waals surface area contributed by atoms with Crippen molar-refractivity contribution in [3.8, 4) is 0 Å². The van der Waals surface area contributed by atoms with Gasteiger partial charge < -0.3 is 0 Å². The normalized spacial score (nSPS) is 10.5. The summed E-state index contributed by atoms with van der Waals surface area (Å²) in [6, 6.07) is 6.54. The van der Waals surface area contributed by atoms with E-state index in [9.17, 15) is 10.1 Å². The van der Waals surface area contributed by atoms with Crippen LogP contribution in [0.15, 0.2) is 34.2 Å². The van der Waals surface area contributed by atoms with E-state index in [4.69, 9.17) is 11.6 Å². The van der Waals surface area contributed by atoms with Gasteiger partial charge in [0.25, 0.3) is 5.69 Å². The van der Waals surface area contributed by atoms with Crippen molar-refractivity contribution >= 4 is 29.1 Å². The second-order valence-electron chi connectivity index (χ2n) is 3.82. The minimum absolute atomic E-state index is 0.0549. The van der Waals surface area contributed by atoms with Crippen LogP contribution in [0.25, 0.3) is 0 Å². The van der Waals surface area contributed by atoms with Crippen molar-refractivity contribution in [2.75, 3.05) is 0 Å². The Balaban J connectivity index is 2.45. The van der Waals surface area contributed by atoms with Crippen LogP contribution >= 0.6 is 23.4 Å². The summed E-state index contributed by atoms with van der Waals surface area (Å²) in [6.07, 6.45) is 0. The van der Waals surface area contributed by atoms with Gasteiger partial charge in [0.15, 0.2) is 0 Å². The Hall–Kier alpha value is -1.66. The summed E-state index contributed by atoms with van der Waals surface area (Å²) in [4.78, 5) is 19.4. The molecule has 5 nitrogen and oxygen atoms in total. The Labute approximate surface area is 119 Å². The van der Waals surface area contributed by atoms with Crippen LogP contribution in [-0.2, 0) is 0 Å². The number of halogens is 1. The lowest BCUT2D eigenvalue weighted by molar-refractivity contribution is -0.387. The number of nitrogens with zero attached hydrogens (tertiary/aromatic N) is 3. The number of benzene rings is 1. The molecule has 0 unspecified atom stereocenters. The van der Waals surface area contributed by atoms with Crippen molar-refractivity contribution in [1.29, 1.82) is 0 Å². The maximum Gasteiger partial charge on any atom is 0.283 e. The van der Waals surface area contributed by atoms with Gasteiger partial charge in [-0.2, -0.15) is 0 Å². The van der Waals surface area contributed by atoms with Crippen molar-refractivity contribution in [2.45, 2.75) is 23.8 Å². The molecule has 0 fully saturated rings. The second-order valence-corrected chi connectivity index (χ2v) is 5.21. The monoisotopic (exact) mass is 295 g/mol. The molecule has 1 aromatic heterocycles. The molecule has 2 rings (SSSR count). The van der Waals surface area contributed by atoms with Gasteiger partial charge >= 0.3 is 0 Å². The Morgan fingerprint density at radius 2 is 1.95 bits per heavy atom. The summed E-state index contributed by atoms with van der Waals surface area (Å²) in [5.41, 5.74) is 0.773. The molecule has 0 spiro atoms. The zero-order chi connectivity index (χ0) is 14.0. The molecule has 2 aromatic rings. The fraction of sp³-hybridized carbons (Fsp3) is 0.167.